The van der Waals surface area contributed by atoms with Crippen LogP contribution in [0.15, 0.2) is 46.3 Å². The SMILES string of the molecule is Cc1ccccc1-c1ccc(N2CCN(C(=O)CC3CSc4nc5c(c(=O)n43)CCC5)CC2)nn1. The molecule has 3 aliphatic rings. The minimum atomic E-state index is -0.105. The van der Waals surface area contributed by atoms with E-state index in [1.165, 1.54) is 5.56 Å². The first-order valence-electron chi connectivity index (χ1n) is 12.3. The number of aryl methyl sites for hydroxylation is 2. The van der Waals surface area contributed by atoms with E-state index in [9.17, 15) is 9.59 Å². The van der Waals surface area contributed by atoms with E-state index >= 15 is 0 Å². The Balaban J connectivity index is 1.08. The highest BCUT2D eigenvalue weighted by Gasteiger charge is 2.33. The highest BCUT2D eigenvalue weighted by atomic mass is 32.2. The fraction of sp³-hybridized carbons (Fsp3) is 0.423. The number of hydrogen-bond acceptors (Lipinski definition) is 7. The van der Waals surface area contributed by atoms with Gasteiger partial charge in [0.15, 0.2) is 11.0 Å². The number of carbonyl (C=O) groups is 1. The van der Waals surface area contributed by atoms with Crippen LogP contribution in [0.5, 0.6) is 0 Å². The molecule has 2 aromatic heterocycles. The Bertz CT molecular complexity index is 1330. The van der Waals surface area contributed by atoms with Crippen LogP contribution < -0.4 is 10.5 Å². The van der Waals surface area contributed by atoms with Gasteiger partial charge in [-0.3, -0.25) is 14.2 Å². The summed E-state index contributed by atoms with van der Waals surface area (Å²) >= 11 is 1.60. The molecule has 4 heterocycles. The lowest BCUT2D eigenvalue weighted by atomic mass is 10.1. The molecule has 1 saturated heterocycles. The van der Waals surface area contributed by atoms with Crippen LogP contribution in [-0.2, 0) is 17.6 Å². The van der Waals surface area contributed by atoms with Crippen LogP contribution in [-0.4, -0.2) is 62.5 Å². The first-order chi connectivity index (χ1) is 17.1. The number of thioether (sulfide) groups is 1. The number of aromatic nitrogens is 4. The van der Waals surface area contributed by atoms with Crippen LogP contribution in [0, 0.1) is 6.92 Å². The fourth-order valence-electron chi connectivity index (χ4n) is 5.32. The Morgan fingerprint density at radius 1 is 1.06 bits per heavy atom. The van der Waals surface area contributed by atoms with E-state index in [0.717, 1.165) is 71.6 Å². The maximum atomic E-state index is 13.1. The molecule has 0 bridgehead atoms. The molecule has 8 nitrogen and oxygen atoms in total. The minimum absolute atomic E-state index is 0.0721. The van der Waals surface area contributed by atoms with Gasteiger partial charge in [-0.2, -0.15) is 0 Å². The normalized spacial score (nSPS) is 19.1. The van der Waals surface area contributed by atoms with Crippen LogP contribution >= 0.6 is 11.8 Å². The molecule has 1 aliphatic carbocycles. The molecule has 3 aromatic rings. The molecule has 0 spiro atoms. The van der Waals surface area contributed by atoms with Crippen LogP contribution in [0.1, 0.15) is 35.7 Å². The molecule has 0 radical (unpaired) electrons. The molecule has 6 rings (SSSR count). The topological polar surface area (TPSA) is 84.2 Å². The second-order valence-corrected chi connectivity index (χ2v) is 10.5. The summed E-state index contributed by atoms with van der Waals surface area (Å²) < 4.78 is 1.79. The zero-order valence-corrected chi connectivity index (χ0v) is 20.6. The van der Waals surface area contributed by atoms with E-state index in [1.807, 2.05) is 29.2 Å². The molecule has 9 heteroatoms. The molecular formula is C26H28N6O2S. The molecule has 35 heavy (non-hydrogen) atoms. The summed E-state index contributed by atoms with van der Waals surface area (Å²) in [5.41, 5.74) is 5.03. The molecule has 2 aliphatic heterocycles. The van der Waals surface area contributed by atoms with Gasteiger partial charge in [0.1, 0.15) is 0 Å². The van der Waals surface area contributed by atoms with Gasteiger partial charge in [0.25, 0.3) is 5.56 Å². The van der Waals surface area contributed by atoms with Crippen LogP contribution in [0.4, 0.5) is 5.82 Å². The number of hydrogen-bond donors (Lipinski definition) is 0. The van der Waals surface area contributed by atoms with Crippen LogP contribution in [0.2, 0.25) is 0 Å². The highest BCUT2D eigenvalue weighted by molar-refractivity contribution is 7.99. The van der Waals surface area contributed by atoms with Gasteiger partial charge in [-0.25, -0.2) is 4.98 Å². The third-order valence-corrected chi connectivity index (χ3v) is 8.41. The molecule has 180 valence electrons. The van der Waals surface area contributed by atoms with Gasteiger partial charge in [0, 0.05) is 49.5 Å². The van der Waals surface area contributed by atoms with E-state index in [1.54, 1.807) is 16.3 Å². The summed E-state index contributed by atoms with van der Waals surface area (Å²) in [4.78, 5) is 35.0. The van der Waals surface area contributed by atoms with Gasteiger partial charge < -0.3 is 9.80 Å². The Labute approximate surface area is 208 Å². The lowest BCUT2D eigenvalue weighted by Crippen LogP contribution is -2.49. The van der Waals surface area contributed by atoms with Crippen molar-refractivity contribution >= 4 is 23.5 Å². The Hall–Kier alpha value is -3.20. The quantitative estimate of drug-likeness (QED) is 0.522. The molecule has 1 amide bonds. The number of carbonyl (C=O) groups excluding carboxylic acids is 1. The third kappa shape index (κ3) is 4.11. The molecule has 1 unspecified atom stereocenters. The maximum absolute atomic E-state index is 13.1. The average molecular weight is 489 g/mol. The molecular weight excluding hydrogens is 460 g/mol. The zero-order valence-electron chi connectivity index (χ0n) is 19.8. The van der Waals surface area contributed by atoms with Crippen molar-refractivity contribution in [2.45, 2.75) is 43.8 Å². The minimum Gasteiger partial charge on any atom is -0.352 e. The van der Waals surface area contributed by atoms with Crippen molar-refractivity contribution in [3.8, 4) is 11.3 Å². The molecule has 1 aromatic carbocycles. The third-order valence-electron chi connectivity index (χ3n) is 7.31. The molecule has 1 atom stereocenters. The lowest BCUT2D eigenvalue weighted by molar-refractivity contribution is -0.132. The summed E-state index contributed by atoms with van der Waals surface area (Å²) in [7, 11) is 0. The number of benzene rings is 1. The van der Waals surface area contributed by atoms with E-state index in [-0.39, 0.29) is 17.5 Å². The fourth-order valence-corrected chi connectivity index (χ4v) is 6.47. The Morgan fingerprint density at radius 3 is 2.66 bits per heavy atom. The number of piperazine rings is 1. The first kappa shape index (κ1) is 22.3. The largest absolute Gasteiger partial charge is 0.352 e. The van der Waals surface area contributed by atoms with E-state index in [4.69, 9.17) is 4.98 Å². The summed E-state index contributed by atoms with van der Waals surface area (Å²) in [5.74, 6) is 1.68. The van der Waals surface area contributed by atoms with E-state index in [2.05, 4.69) is 34.2 Å². The van der Waals surface area contributed by atoms with Crippen molar-refractivity contribution in [2.75, 3.05) is 36.8 Å². The van der Waals surface area contributed by atoms with Crippen LogP contribution in [0.3, 0.4) is 0 Å². The van der Waals surface area contributed by atoms with E-state index < -0.39 is 0 Å². The average Bonchev–Trinajstić information content (AvgIpc) is 3.52. The Kier molecular flexibility index (Phi) is 5.80. The van der Waals surface area contributed by atoms with Crippen molar-refractivity contribution < 1.29 is 4.79 Å². The predicted molar refractivity (Wildman–Crippen MR) is 136 cm³/mol. The predicted octanol–water partition coefficient (Wildman–Crippen LogP) is 2.88. The number of anilines is 1. The van der Waals surface area contributed by atoms with Crippen molar-refractivity contribution in [1.29, 1.82) is 0 Å². The first-order valence-corrected chi connectivity index (χ1v) is 13.3. The Morgan fingerprint density at radius 2 is 1.89 bits per heavy atom. The van der Waals surface area contributed by atoms with Crippen molar-refractivity contribution in [3.63, 3.8) is 0 Å². The van der Waals surface area contributed by atoms with Crippen molar-refractivity contribution in [1.82, 2.24) is 24.6 Å². The maximum Gasteiger partial charge on any atom is 0.257 e. The molecule has 0 N–H and O–H groups in total. The second-order valence-electron chi connectivity index (χ2n) is 9.48. The summed E-state index contributed by atoms with van der Waals surface area (Å²) in [5, 5.41) is 9.69. The number of amides is 1. The van der Waals surface area contributed by atoms with Gasteiger partial charge in [-0.15, -0.1) is 10.2 Å². The number of fused-ring (bicyclic) bond motifs is 2. The van der Waals surface area contributed by atoms with Gasteiger partial charge in [-0.1, -0.05) is 36.0 Å². The van der Waals surface area contributed by atoms with Crippen molar-refractivity contribution in [3.05, 3.63) is 63.6 Å². The van der Waals surface area contributed by atoms with Crippen LogP contribution in [0.25, 0.3) is 11.3 Å². The van der Waals surface area contributed by atoms with Gasteiger partial charge in [0.05, 0.1) is 17.4 Å². The van der Waals surface area contributed by atoms with E-state index in [0.29, 0.717) is 19.5 Å². The number of nitrogens with zero attached hydrogens (tertiary/aromatic N) is 6. The van der Waals surface area contributed by atoms with Gasteiger partial charge in [-0.05, 0) is 43.9 Å². The smallest absolute Gasteiger partial charge is 0.257 e. The van der Waals surface area contributed by atoms with Crippen molar-refractivity contribution in [2.24, 2.45) is 0 Å². The highest BCUT2D eigenvalue weighted by Crippen LogP contribution is 2.34. The standard InChI is InChI=1S/C26H28N6O2S/c1-17-5-2-3-6-19(17)22-9-10-23(29-28-22)30-11-13-31(14-12-30)24(33)15-18-16-35-26-27-21-8-4-7-20(21)25(34)32(18)26/h2-3,5-6,9-10,18H,4,7-8,11-16H2,1H3. The lowest BCUT2D eigenvalue weighted by Gasteiger charge is -2.35. The monoisotopic (exact) mass is 488 g/mol. The molecule has 1 fully saturated rings. The zero-order chi connectivity index (χ0) is 23.9. The summed E-state index contributed by atoms with van der Waals surface area (Å²) in [6.07, 6.45) is 3.05. The number of rotatable bonds is 4. The summed E-state index contributed by atoms with van der Waals surface area (Å²) in [6, 6.07) is 12.1. The van der Waals surface area contributed by atoms with Gasteiger partial charge in [0.2, 0.25) is 5.91 Å². The molecule has 0 saturated carbocycles. The van der Waals surface area contributed by atoms with Gasteiger partial charge >= 0.3 is 0 Å². The second kappa shape index (κ2) is 9.11. The summed E-state index contributed by atoms with van der Waals surface area (Å²) in [6.45, 7) is 4.79.